The quantitative estimate of drug-likeness (QED) is 0.660. The van der Waals surface area contributed by atoms with E-state index in [0.717, 1.165) is 47.5 Å². The van der Waals surface area contributed by atoms with Crippen molar-refractivity contribution in [3.63, 3.8) is 0 Å². The Morgan fingerprint density at radius 2 is 1.80 bits per heavy atom. The summed E-state index contributed by atoms with van der Waals surface area (Å²) in [6.45, 7) is 0. The van der Waals surface area contributed by atoms with Gasteiger partial charge in [0.25, 0.3) is 5.91 Å². The first-order valence-electron chi connectivity index (χ1n) is 8.58. The van der Waals surface area contributed by atoms with Gasteiger partial charge in [-0.25, -0.2) is 0 Å². The minimum absolute atomic E-state index is 0.0275. The van der Waals surface area contributed by atoms with Crippen LogP contribution in [-0.4, -0.2) is 28.4 Å². The van der Waals surface area contributed by atoms with Crippen molar-refractivity contribution < 1.29 is 4.79 Å². The van der Waals surface area contributed by atoms with E-state index in [1.807, 2.05) is 42.1 Å². The molecule has 2 aliphatic rings. The number of carbonyl (C=O) groups is 1. The normalized spacial score (nSPS) is 21.3. The van der Waals surface area contributed by atoms with Gasteiger partial charge in [-0.3, -0.25) is 4.79 Å². The predicted octanol–water partition coefficient (Wildman–Crippen LogP) is 5.63. The van der Waals surface area contributed by atoms with Gasteiger partial charge >= 0.3 is 0 Å². The lowest BCUT2D eigenvalue weighted by molar-refractivity contribution is 0.0519. The molecule has 4 rings (SSSR count). The molecule has 1 unspecified atom stereocenters. The highest BCUT2D eigenvalue weighted by Gasteiger charge is 2.38. The minimum Gasteiger partial charge on any atom is -0.328 e. The van der Waals surface area contributed by atoms with E-state index in [2.05, 4.69) is 11.0 Å². The van der Waals surface area contributed by atoms with E-state index < -0.39 is 0 Å². The summed E-state index contributed by atoms with van der Waals surface area (Å²) in [6.07, 6.45) is 2.88. The van der Waals surface area contributed by atoms with Crippen LogP contribution in [0.1, 0.15) is 40.4 Å². The van der Waals surface area contributed by atoms with Gasteiger partial charge in [0.1, 0.15) is 0 Å². The molecule has 1 fully saturated rings. The fourth-order valence-corrected chi connectivity index (χ4v) is 5.53. The molecule has 130 valence electrons. The zero-order chi connectivity index (χ0) is 17.4. The summed E-state index contributed by atoms with van der Waals surface area (Å²) in [7, 11) is 0. The second-order valence-corrected chi connectivity index (χ2v) is 8.67. The molecule has 2 aromatic carbocycles. The number of benzene rings is 2. The Balaban J connectivity index is 1.79. The van der Waals surface area contributed by atoms with E-state index in [-0.39, 0.29) is 18.0 Å². The van der Waals surface area contributed by atoms with Gasteiger partial charge < -0.3 is 4.90 Å². The molecule has 0 N–H and O–H groups in total. The van der Waals surface area contributed by atoms with Gasteiger partial charge in [-0.1, -0.05) is 47.5 Å². The monoisotopic (exact) mass is 391 g/mol. The van der Waals surface area contributed by atoms with Crippen LogP contribution in [0, 0.1) is 0 Å². The number of hydrogen-bond acceptors (Lipinski definition) is 2. The second kappa shape index (κ2) is 7.22. The van der Waals surface area contributed by atoms with Crippen molar-refractivity contribution in [3.05, 3.63) is 69.2 Å². The van der Waals surface area contributed by atoms with Crippen LogP contribution >= 0.6 is 35.0 Å². The standard InChI is InChI=1S/C20H19Cl2NOS/c21-14-5-6-17(18(22)12-14)19-11-13-3-1-2-4-16(13)20(24)23(19)15-7-9-25-10-8-15/h1-6,12,15,19H,7-11H2. The zero-order valence-electron chi connectivity index (χ0n) is 13.8. The lowest BCUT2D eigenvalue weighted by Crippen LogP contribution is -2.48. The highest BCUT2D eigenvalue weighted by molar-refractivity contribution is 7.99. The molecule has 0 radical (unpaired) electrons. The highest BCUT2D eigenvalue weighted by atomic mass is 35.5. The van der Waals surface area contributed by atoms with Gasteiger partial charge in [0.2, 0.25) is 0 Å². The third kappa shape index (κ3) is 3.30. The van der Waals surface area contributed by atoms with Crippen molar-refractivity contribution in [1.29, 1.82) is 0 Å². The fraction of sp³-hybridized carbons (Fsp3) is 0.350. The van der Waals surface area contributed by atoms with E-state index in [1.165, 1.54) is 0 Å². The Labute approximate surface area is 162 Å². The predicted molar refractivity (Wildman–Crippen MR) is 106 cm³/mol. The summed E-state index contributed by atoms with van der Waals surface area (Å²) < 4.78 is 0. The van der Waals surface area contributed by atoms with Crippen LogP contribution < -0.4 is 0 Å². The molecule has 0 aromatic heterocycles. The van der Waals surface area contributed by atoms with Crippen molar-refractivity contribution in [2.24, 2.45) is 0 Å². The molecule has 0 aliphatic carbocycles. The third-order valence-electron chi connectivity index (χ3n) is 5.14. The number of amides is 1. The first-order chi connectivity index (χ1) is 12.1. The number of hydrogen-bond donors (Lipinski definition) is 0. The number of carbonyl (C=O) groups excluding carboxylic acids is 1. The average Bonchev–Trinajstić information content (AvgIpc) is 2.62. The Bertz CT molecular complexity index is 804. The Hall–Kier alpha value is -1.16. The van der Waals surface area contributed by atoms with Crippen LogP contribution in [0.25, 0.3) is 0 Å². The first kappa shape index (κ1) is 17.3. The Morgan fingerprint density at radius 1 is 1.04 bits per heavy atom. The molecule has 1 amide bonds. The van der Waals surface area contributed by atoms with Crippen LogP contribution in [0.3, 0.4) is 0 Å². The van der Waals surface area contributed by atoms with Gasteiger partial charge in [0, 0.05) is 21.7 Å². The molecule has 25 heavy (non-hydrogen) atoms. The van der Waals surface area contributed by atoms with Crippen LogP contribution in [0.2, 0.25) is 10.0 Å². The number of nitrogens with zero attached hydrogens (tertiary/aromatic N) is 1. The van der Waals surface area contributed by atoms with Crippen LogP contribution in [0.15, 0.2) is 42.5 Å². The maximum absolute atomic E-state index is 13.3. The second-order valence-electron chi connectivity index (χ2n) is 6.60. The summed E-state index contributed by atoms with van der Waals surface area (Å²) in [5.74, 6) is 2.35. The van der Waals surface area contributed by atoms with Crippen molar-refractivity contribution in [3.8, 4) is 0 Å². The molecule has 0 spiro atoms. The van der Waals surface area contributed by atoms with Gasteiger partial charge in [0.05, 0.1) is 6.04 Å². The largest absolute Gasteiger partial charge is 0.328 e. The van der Waals surface area contributed by atoms with Gasteiger partial charge in [-0.2, -0.15) is 11.8 Å². The molecule has 2 heterocycles. The van der Waals surface area contributed by atoms with Crippen molar-refractivity contribution in [2.45, 2.75) is 31.3 Å². The number of fused-ring (bicyclic) bond motifs is 1. The molecule has 2 aromatic rings. The number of rotatable bonds is 2. The fourth-order valence-electron chi connectivity index (χ4n) is 3.91. The summed E-state index contributed by atoms with van der Waals surface area (Å²) in [5, 5.41) is 1.26. The lowest BCUT2D eigenvalue weighted by atomic mass is 9.87. The highest BCUT2D eigenvalue weighted by Crippen LogP contribution is 2.40. The molecular weight excluding hydrogens is 373 g/mol. The molecule has 0 saturated carbocycles. The first-order valence-corrected chi connectivity index (χ1v) is 10.5. The van der Waals surface area contributed by atoms with E-state index in [9.17, 15) is 4.79 Å². The Morgan fingerprint density at radius 3 is 2.56 bits per heavy atom. The Kier molecular flexibility index (Phi) is 4.99. The maximum atomic E-state index is 13.3. The summed E-state index contributed by atoms with van der Waals surface area (Å²) in [5.41, 5.74) is 2.93. The number of thioether (sulfide) groups is 1. The van der Waals surface area contributed by atoms with Crippen LogP contribution in [-0.2, 0) is 6.42 Å². The zero-order valence-corrected chi connectivity index (χ0v) is 16.1. The molecule has 2 aliphatic heterocycles. The molecule has 1 atom stereocenters. The van der Waals surface area contributed by atoms with Crippen LogP contribution in [0.4, 0.5) is 0 Å². The van der Waals surface area contributed by atoms with E-state index in [0.29, 0.717) is 10.0 Å². The SMILES string of the molecule is O=C1c2ccccc2CC(c2ccc(Cl)cc2Cl)N1C1CCSCC1. The summed E-state index contributed by atoms with van der Waals surface area (Å²) in [4.78, 5) is 15.4. The molecule has 5 heteroatoms. The van der Waals surface area contributed by atoms with Crippen molar-refractivity contribution in [2.75, 3.05) is 11.5 Å². The van der Waals surface area contributed by atoms with Crippen molar-refractivity contribution >= 4 is 40.9 Å². The summed E-state index contributed by atoms with van der Waals surface area (Å²) in [6, 6.07) is 13.8. The van der Waals surface area contributed by atoms with E-state index >= 15 is 0 Å². The summed E-state index contributed by atoms with van der Waals surface area (Å²) >= 11 is 14.6. The van der Waals surface area contributed by atoms with E-state index in [4.69, 9.17) is 23.2 Å². The molecular formula is C20H19Cl2NOS. The third-order valence-corrected chi connectivity index (χ3v) is 6.75. The van der Waals surface area contributed by atoms with Gasteiger partial charge in [-0.05, 0) is 60.1 Å². The molecule has 1 saturated heterocycles. The van der Waals surface area contributed by atoms with Crippen LogP contribution in [0.5, 0.6) is 0 Å². The topological polar surface area (TPSA) is 20.3 Å². The molecule has 2 nitrogen and oxygen atoms in total. The van der Waals surface area contributed by atoms with Crippen molar-refractivity contribution in [1.82, 2.24) is 4.90 Å². The average molecular weight is 392 g/mol. The maximum Gasteiger partial charge on any atom is 0.254 e. The molecule has 0 bridgehead atoms. The van der Waals surface area contributed by atoms with E-state index in [1.54, 1.807) is 6.07 Å². The number of halogens is 2. The minimum atomic E-state index is -0.0275. The lowest BCUT2D eigenvalue weighted by Gasteiger charge is -2.43. The van der Waals surface area contributed by atoms with Gasteiger partial charge in [-0.15, -0.1) is 0 Å². The van der Waals surface area contributed by atoms with Gasteiger partial charge in [0.15, 0.2) is 0 Å². The smallest absolute Gasteiger partial charge is 0.254 e.